The van der Waals surface area contributed by atoms with Crippen LogP contribution in [0.3, 0.4) is 0 Å². The van der Waals surface area contributed by atoms with Crippen molar-refractivity contribution in [3.8, 4) is 5.88 Å². The second-order valence-corrected chi connectivity index (χ2v) is 4.16. The second kappa shape index (κ2) is 6.43. The molecule has 1 aromatic heterocycles. The van der Waals surface area contributed by atoms with Crippen LogP contribution in [0.25, 0.3) is 0 Å². The molecule has 90 valence electrons. The zero-order valence-corrected chi connectivity index (χ0v) is 10.5. The van der Waals surface area contributed by atoms with Crippen molar-refractivity contribution in [1.29, 1.82) is 0 Å². The van der Waals surface area contributed by atoms with Crippen molar-refractivity contribution in [2.24, 2.45) is 5.92 Å². The van der Waals surface area contributed by atoms with E-state index in [1.54, 1.807) is 13.4 Å². The normalized spacial score (nSPS) is 12.8. The molecule has 0 saturated carbocycles. The standard InChI is InChI=1S/C12H21N3O/c1-5-6-13-12(9(2)3)10-7-11(16-4)15-8-14-10/h7-9,12-13H,5-6H2,1-4H3. The number of aromatic nitrogens is 2. The molecule has 0 amide bonds. The molecule has 4 heteroatoms. The van der Waals surface area contributed by atoms with Gasteiger partial charge in [-0.1, -0.05) is 20.8 Å². The summed E-state index contributed by atoms with van der Waals surface area (Å²) < 4.78 is 5.11. The van der Waals surface area contributed by atoms with Crippen LogP contribution in [0.4, 0.5) is 0 Å². The Morgan fingerprint density at radius 3 is 2.69 bits per heavy atom. The van der Waals surface area contributed by atoms with Crippen LogP contribution in [0.1, 0.15) is 38.9 Å². The van der Waals surface area contributed by atoms with E-state index in [0.717, 1.165) is 18.7 Å². The second-order valence-electron chi connectivity index (χ2n) is 4.16. The molecular weight excluding hydrogens is 202 g/mol. The Kier molecular flexibility index (Phi) is 5.19. The summed E-state index contributed by atoms with van der Waals surface area (Å²) in [5, 5.41) is 3.49. The summed E-state index contributed by atoms with van der Waals surface area (Å²) in [5.74, 6) is 1.11. The molecule has 0 aromatic carbocycles. The van der Waals surface area contributed by atoms with Crippen molar-refractivity contribution in [1.82, 2.24) is 15.3 Å². The van der Waals surface area contributed by atoms with Crippen LogP contribution < -0.4 is 10.1 Å². The van der Waals surface area contributed by atoms with Gasteiger partial charge in [-0.3, -0.25) is 0 Å². The highest BCUT2D eigenvalue weighted by Gasteiger charge is 2.16. The number of hydrogen-bond donors (Lipinski definition) is 1. The fourth-order valence-electron chi connectivity index (χ4n) is 1.62. The van der Waals surface area contributed by atoms with Gasteiger partial charge >= 0.3 is 0 Å². The molecule has 0 spiro atoms. The molecular formula is C12H21N3O. The van der Waals surface area contributed by atoms with Gasteiger partial charge in [0.05, 0.1) is 18.8 Å². The summed E-state index contributed by atoms with van der Waals surface area (Å²) in [6.07, 6.45) is 2.67. The fraction of sp³-hybridized carbons (Fsp3) is 0.667. The predicted octanol–water partition coefficient (Wildman–Crippen LogP) is 2.18. The van der Waals surface area contributed by atoms with Gasteiger partial charge in [-0.15, -0.1) is 0 Å². The van der Waals surface area contributed by atoms with Gasteiger partial charge in [0.2, 0.25) is 5.88 Å². The highest BCUT2D eigenvalue weighted by atomic mass is 16.5. The van der Waals surface area contributed by atoms with Gasteiger partial charge in [0, 0.05) is 6.07 Å². The smallest absolute Gasteiger partial charge is 0.216 e. The van der Waals surface area contributed by atoms with Crippen molar-refractivity contribution in [3.05, 3.63) is 18.1 Å². The number of ether oxygens (including phenoxy) is 1. The molecule has 1 aromatic rings. The van der Waals surface area contributed by atoms with Gasteiger partial charge in [0.15, 0.2) is 0 Å². The van der Waals surface area contributed by atoms with Gasteiger partial charge in [0.25, 0.3) is 0 Å². The number of nitrogens with one attached hydrogen (secondary N) is 1. The lowest BCUT2D eigenvalue weighted by molar-refractivity contribution is 0.381. The Morgan fingerprint density at radius 2 is 2.12 bits per heavy atom. The molecule has 16 heavy (non-hydrogen) atoms. The fourth-order valence-corrected chi connectivity index (χ4v) is 1.62. The van der Waals surface area contributed by atoms with Crippen LogP contribution in [0.15, 0.2) is 12.4 Å². The van der Waals surface area contributed by atoms with Crippen molar-refractivity contribution < 1.29 is 4.74 Å². The number of hydrogen-bond acceptors (Lipinski definition) is 4. The Bertz CT molecular complexity index is 315. The van der Waals surface area contributed by atoms with Crippen LogP contribution in [-0.4, -0.2) is 23.6 Å². The minimum atomic E-state index is 0.261. The molecule has 4 nitrogen and oxygen atoms in total. The van der Waals surface area contributed by atoms with Crippen molar-refractivity contribution in [2.75, 3.05) is 13.7 Å². The van der Waals surface area contributed by atoms with Gasteiger partial charge < -0.3 is 10.1 Å². The summed E-state index contributed by atoms with van der Waals surface area (Å²) in [6.45, 7) is 7.52. The summed E-state index contributed by atoms with van der Waals surface area (Å²) in [5.41, 5.74) is 0.996. The molecule has 1 unspecified atom stereocenters. The first-order valence-corrected chi connectivity index (χ1v) is 5.78. The SMILES string of the molecule is CCCNC(c1cc(OC)ncn1)C(C)C. The van der Waals surface area contributed by atoms with Gasteiger partial charge in [-0.25, -0.2) is 9.97 Å². The minimum Gasteiger partial charge on any atom is -0.481 e. The Labute approximate surface area is 97.5 Å². The minimum absolute atomic E-state index is 0.261. The molecule has 0 saturated heterocycles. The quantitative estimate of drug-likeness (QED) is 0.803. The van der Waals surface area contributed by atoms with E-state index >= 15 is 0 Å². The van der Waals surface area contributed by atoms with Crippen molar-refractivity contribution in [2.45, 2.75) is 33.2 Å². The maximum Gasteiger partial charge on any atom is 0.216 e. The summed E-state index contributed by atoms with van der Waals surface area (Å²) in [7, 11) is 1.62. The van der Waals surface area contributed by atoms with Crippen molar-refractivity contribution in [3.63, 3.8) is 0 Å². The molecule has 0 aliphatic heterocycles. The summed E-state index contributed by atoms with van der Waals surface area (Å²) >= 11 is 0. The number of rotatable bonds is 6. The van der Waals surface area contributed by atoms with E-state index in [1.165, 1.54) is 0 Å². The zero-order chi connectivity index (χ0) is 12.0. The monoisotopic (exact) mass is 223 g/mol. The highest BCUT2D eigenvalue weighted by Crippen LogP contribution is 2.21. The van der Waals surface area contributed by atoms with E-state index in [1.807, 2.05) is 6.07 Å². The molecule has 0 radical (unpaired) electrons. The molecule has 0 fully saturated rings. The van der Waals surface area contributed by atoms with E-state index in [4.69, 9.17) is 4.74 Å². The lowest BCUT2D eigenvalue weighted by atomic mass is 10.0. The molecule has 1 atom stereocenters. The van der Waals surface area contributed by atoms with E-state index < -0.39 is 0 Å². The van der Waals surface area contributed by atoms with E-state index in [0.29, 0.717) is 11.8 Å². The predicted molar refractivity (Wildman–Crippen MR) is 64.5 cm³/mol. The average Bonchev–Trinajstić information content (AvgIpc) is 2.29. The average molecular weight is 223 g/mol. The van der Waals surface area contributed by atoms with Crippen molar-refractivity contribution >= 4 is 0 Å². The van der Waals surface area contributed by atoms with E-state index in [-0.39, 0.29) is 6.04 Å². The highest BCUT2D eigenvalue weighted by molar-refractivity contribution is 5.17. The summed E-state index contributed by atoms with van der Waals surface area (Å²) in [4.78, 5) is 8.33. The third kappa shape index (κ3) is 3.45. The third-order valence-corrected chi connectivity index (χ3v) is 2.47. The number of methoxy groups -OCH3 is 1. The Hall–Kier alpha value is -1.16. The lowest BCUT2D eigenvalue weighted by Gasteiger charge is -2.21. The number of nitrogens with zero attached hydrogens (tertiary/aromatic N) is 2. The largest absolute Gasteiger partial charge is 0.481 e. The van der Waals surface area contributed by atoms with Crippen LogP contribution in [-0.2, 0) is 0 Å². The maximum atomic E-state index is 5.11. The molecule has 0 aliphatic rings. The lowest BCUT2D eigenvalue weighted by Crippen LogP contribution is -2.27. The first-order chi connectivity index (χ1) is 7.69. The van der Waals surface area contributed by atoms with Crippen LogP contribution >= 0.6 is 0 Å². The molecule has 1 rings (SSSR count). The van der Waals surface area contributed by atoms with Crippen LogP contribution in [0.5, 0.6) is 5.88 Å². The topological polar surface area (TPSA) is 47.0 Å². The zero-order valence-electron chi connectivity index (χ0n) is 10.5. The van der Waals surface area contributed by atoms with Gasteiger partial charge in [-0.2, -0.15) is 0 Å². The molecule has 1 N–H and O–H groups in total. The molecule has 1 heterocycles. The maximum absolute atomic E-state index is 5.11. The first-order valence-electron chi connectivity index (χ1n) is 5.78. The molecule has 0 aliphatic carbocycles. The Morgan fingerprint density at radius 1 is 1.38 bits per heavy atom. The van der Waals surface area contributed by atoms with Crippen LogP contribution in [0, 0.1) is 5.92 Å². The first kappa shape index (κ1) is 12.9. The summed E-state index contributed by atoms with van der Waals surface area (Å²) in [6, 6.07) is 2.16. The van der Waals surface area contributed by atoms with Gasteiger partial charge in [-0.05, 0) is 18.9 Å². The Balaban J connectivity index is 2.82. The van der Waals surface area contributed by atoms with Gasteiger partial charge in [0.1, 0.15) is 6.33 Å². The molecule has 0 bridgehead atoms. The van der Waals surface area contributed by atoms with E-state index in [2.05, 4.69) is 36.1 Å². The van der Waals surface area contributed by atoms with E-state index in [9.17, 15) is 0 Å². The third-order valence-electron chi connectivity index (χ3n) is 2.47. The van der Waals surface area contributed by atoms with Crippen LogP contribution in [0.2, 0.25) is 0 Å².